The molecular formula is C13H19ClN2O2S. The third-order valence-electron chi connectivity index (χ3n) is 3.47. The smallest absolute Gasteiger partial charge is 0.240 e. The third kappa shape index (κ3) is 3.69. The van der Waals surface area contributed by atoms with E-state index >= 15 is 0 Å². The van der Waals surface area contributed by atoms with Crippen molar-refractivity contribution in [1.82, 2.24) is 10.0 Å². The minimum atomic E-state index is -3.48. The van der Waals surface area contributed by atoms with Gasteiger partial charge in [-0.05, 0) is 56.5 Å². The second kappa shape index (κ2) is 6.22. The van der Waals surface area contributed by atoms with Crippen LogP contribution in [0.3, 0.4) is 0 Å². The molecule has 1 saturated heterocycles. The Morgan fingerprint density at radius 2 is 2.26 bits per heavy atom. The Morgan fingerprint density at radius 1 is 1.47 bits per heavy atom. The van der Waals surface area contributed by atoms with Crippen LogP contribution in [-0.4, -0.2) is 28.1 Å². The molecule has 0 saturated carbocycles. The summed E-state index contributed by atoms with van der Waals surface area (Å²) < 4.78 is 27.2. The van der Waals surface area contributed by atoms with Crippen molar-refractivity contribution in [3.8, 4) is 0 Å². The van der Waals surface area contributed by atoms with E-state index in [1.54, 1.807) is 25.1 Å². The van der Waals surface area contributed by atoms with Gasteiger partial charge in [0.1, 0.15) is 0 Å². The van der Waals surface area contributed by atoms with Crippen molar-refractivity contribution in [3.63, 3.8) is 0 Å². The van der Waals surface area contributed by atoms with Gasteiger partial charge in [0.2, 0.25) is 10.0 Å². The van der Waals surface area contributed by atoms with Crippen molar-refractivity contribution in [2.24, 2.45) is 5.92 Å². The van der Waals surface area contributed by atoms with Crippen LogP contribution in [0.5, 0.6) is 0 Å². The average molecular weight is 303 g/mol. The van der Waals surface area contributed by atoms with E-state index < -0.39 is 10.0 Å². The normalized spacial score (nSPS) is 20.4. The van der Waals surface area contributed by atoms with Gasteiger partial charge in [-0.25, -0.2) is 13.1 Å². The van der Waals surface area contributed by atoms with E-state index in [1.807, 2.05) is 0 Å². The van der Waals surface area contributed by atoms with Gasteiger partial charge in [0.05, 0.1) is 4.90 Å². The van der Waals surface area contributed by atoms with Gasteiger partial charge in [-0.1, -0.05) is 17.7 Å². The summed E-state index contributed by atoms with van der Waals surface area (Å²) in [5, 5.41) is 3.75. The Morgan fingerprint density at radius 3 is 2.95 bits per heavy atom. The van der Waals surface area contributed by atoms with Crippen LogP contribution in [0.1, 0.15) is 18.4 Å². The lowest BCUT2D eigenvalue weighted by atomic mass is 10.0. The first kappa shape index (κ1) is 14.8. The fourth-order valence-electron chi connectivity index (χ4n) is 2.28. The highest BCUT2D eigenvalue weighted by molar-refractivity contribution is 7.89. The maximum atomic E-state index is 12.3. The zero-order valence-electron chi connectivity index (χ0n) is 10.9. The lowest BCUT2D eigenvalue weighted by molar-refractivity contribution is 0.376. The summed E-state index contributed by atoms with van der Waals surface area (Å²) in [5.41, 5.74) is 0.596. The number of hydrogen-bond donors (Lipinski definition) is 2. The lowest BCUT2D eigenvalue weighted by Gasteiger charge is -2.23. The summed E-state index contributed by atoms with van der Waals surface area (Å²) in [6.07, 6.45) is 2.16. The molecule has 0 aliphatic carbocycles. The van der Waals surface area contributed by atoms with E-state index in [4.69, 9.17) is 11.6 Å². The first-order valence-electron chi connectivity index (χ1n) is 6.46. The fourth-order valence-corrected chi connectivity index (χ4v) is 3.89. The van der Waals surface area contributed by atoms with E-state index in [2.05, 4.69) is 10.0 Å². The van der Waals surface area contributed by atoms with Crippen molar-refractivity contribution in [2.45, 2.75) is 24.7 Å². The second-order valence-corrected chi connectivity index (χ2v) is 7.07. The van der Waals surface area contributed by atoms with Gasteiger partial charge >= 0.3 is 0 Å². The van der Waals surface area contributed by atoms with Gasteiger partial charge in [0, 0.05) is 11.6 Å². The lowest BCUT2D eigenvalue weighted by Crippen LogP contribution is -2.38. The molecule has 0 bridgehead atoms. The molecule has 0 spiro atoms. The molecule has 1 fully saturated rings. The van der Waals surface area contributed by atoms with Crippen LogP contribution in [0, 0.1) is 12.8 Å². The first-order valence-corrected chi connectivity index (χ1v) is 8.32. The third-order valence-corrected chi connectivity index (χ3v) is 5.45. The number of halogens is 1. The molecule has 6 heteroatoms. The quantitative estimate of drug-likeness (QED) is 0.893. The Labute approximate surface area is 119 Å². The SMILES string of the molecule is Cc1c(Cl)cccc1S(=O)(=O)NCC1CCCNC1. The minimum absolute atomic E-state index is 0.267. The van der Waals surface area contributed by atoms with Gasteiger partial charge in [0.25, 0.3) is 0 Å². The average Bonchev–Trinajstić information content (AvgIpc) is 2.41. The Bertz CT molecular complexity index is 540. The van der Waals surface area contributed by atoms with Crippen molar-refractivity contribution >= 4 is 21.6 Å². The summed E-state index contributed by atoms with van der Waals surface area (Å²) >= 11 is 5.97. The number of benzene rings is 1. The second-order valence-electron chi connectivity index (χ2n) is 4.93. The zero-order chi connectivity index (χ0) is 13.9. The predicted molar refractivity (Wildman–Crippen MR) is 77.0 cm³/mol. The van der Waals surface area contributed by atoms with Gasteiger partial charge in [-0.2, -0.15) is 0 Å². The summed E-state index contributed by atoms with van der Waals surface area (Å²) in [7, 11) is -3.48. The van der Waals surface area contributed by atoms with Crippen LogP contribution in [0.15, 0.2) is 23.1 Å². The van der Waals surface area contributed by atoms with Crippen LogP contribution < -0.4 is 10.0 Å². The predicted octanol–water partition coefficient (Wildman–Crippen LogP) is 1.93. The molecule has 0 radical (unpaired) electrons. The largest absolute Gasteiger partial charge is 0.316 e. The van der Waals surface area contributed by atoms with E-state index in [1.165, 1.54) is 0 Å². The molecule has 2 rings (SSSR count). The molecular weight excluding hydrogens is 284 g/mol. The van der Waals surface area contributed by atoms with E-state index in [9.17, 15) is 8.42 Å². The van der Waals surface area contributed by atoms with Crippen LogP contribution in [0.25, 0.3) is 0 Å². The van der Waals surface area contributed by atoms with Gasteiger partial charge < -0.3 is 5.32 Å². The minimum Gasteiger partial charge on any atom is -0.316 e. The molecule has 1 unspecified atom stereocenters. The molecule has 106 valence electrons. The highest BCUT2D eigenvalue weighted by atomic mass is 35.5. The molecule has 1 aromatic rings. The molecule has 1 heterocycles. The topological polar surface area (TPSA) is 58.2 Å². The maximum Gasteiger partial charge on any atom is 0.240 e. The summed E-state index contributed by atoms with van der Waals surface area (Å²) in [6.45, 7) is 4.09. The maximum absolute atomic E-state index is 12.3. The number of piperidine rings is 1. The summed E-state index contributed by atoms with van der Waals surface area (Å²) in [6, 6.07) is 4.94. The molecule has 1 aromatic carbocycles. The molecule has 19 heavy (non-hydrogen) atoms. The molecule has 0 aromatic heterocycles. The van der Waals surface area contributed by atoms with Crippen molar-refractivity contribution in [3.05, 3.63) is 28.8 Å². The molecule has 1 aliphatic rings. The van der Waals surface area contributed by atoms with E-state index in [0.717, 1.165) is 25.9 Å². The van der Waals surface area contributed by atoms with Crippen molar-refractivity contribution in [1.29, 1.82) is 0 Å². The molecule has 1 aliphatic heterocycles. The molecule has 2 N–H and O–H groups in total. The standard InChI is InChI=1S/C13H19ClN2O2S/c1-10-12(14)5-2-6-13(10)19(17,18)16-9-11-4-3-7-15-8-11/h2,5-6,11,15-16H,3-4,7-9H2,1H3. The van der Waals surface area contributed by atoms with E-state index in [-0.39, 0.29) is 4.90 Å². The summed E-state index contributed by atoms with van der Waals surface area (Å²) in [5.74, 6) is 0.364. The first-order chi connectivity index (χ1) is 9.00. The Hall–Kier alpha value is -0.620. The molecule has 1 atom stereocenters. The van der Waals surface area contributed by atoms with Gasteiger partial charge in [-0.3, -0.25) is 0 Å². The highest BCUT2D eigenvalue weighted by Gasteiger charge is 2.20. The number of nitrogens with one attached hydrogen (secondary N) is 2. The van der Waals surface area contributed by atoms with Crippen LogP contribution >= 0.6 is 11.6 Å². The Balaban J connectivity index is 2.07. The van der Waals surface area contributed by atoms with Gasteiger partial charge in [-0.15, -0.1) is 0 Å². The fraction of sp³-hybridized carbons (Fsp3) is 0.538. The van der Waals surface area contributed by atoms with Crippen LogP contribution in [-0.2, 0) is 10.0 Å². The van der Waals surface area contributed by atoms with Gasteiger partial charge in [0.15, 0.2) is 0 Å². The number of rotatable bonds is 4. The van der Waals surface area contributed by atoms with Crippen LogP contribution in [0.4, 0.5) is 0 Å². The number of sulfonamides is 1. The van der Waals surface area contributed by atoms with Crippen molar-refractivity contribution in [2.75, 3.05) is 19.6 Å². The monoisotopic (exact) mass is 302 g/mol. The zero-order valence-corrected chi connectivity index (χ0v) is 12.5. The van der Waals surface area contributed by atoms with Crippen molar-refractivity contribution < 1.29 is 8.42 Å². The molecule has 4 nitrogen and oxygen atoms in total. The van der Waals surface area contributed by atoms with Crippen LogP contribution in [0.2, 0.25) is 5.02 Å². The van der Waals surface area contributed by atoms with E-state index in [0.29, 0.717) is 23.0 Å². The number of hydrogen-bond acceptors (Lipinski definition) is 3. The summed E-state index contributed by atoms with van der Waals surface area (Å²) in [4.78, 5) is 0.267. The molecule has 0 amide bonds. The highest BCUT2D eigenvalue weighted by Crippen LogP contribution is 2.22. The Kier molecular flexibility index (Phi) is 4.84.